The van der Waals surface area contributed by atoms with Crippen molar-refractivity contribution in [3.05, 3.63) is 22.2 Å². The number of hydrogen-bond acceptors (Lipinski definition) is 1. The highest BCUT2D eigenvalue weighted by atomic mass is 79.9. The minimum absolute atomic E-state index is 0.448. The molecule has 1 rings (SSSR count). The minimum Gasteiger partial charge on any atom is -0.321 e. The van der Waals surface area contributed by atoms with Gasteiger partial charge < -0.3 is 5.73 Å². The lowest BCUT2D eigenvalue weighted by Gasteiger charge is -2.26. The molecule has 0 aromatic rings. The quantitative estimate of drug-likeness (QED) is 0.677. The van der Waals surface area contributed by atoms with Gasteiger partial charge in [0.15, 0.2) is 0 Å². The number of nitrogens with two attached hydrogens (primary N) is 1. The molecule has 0 spiro atoms. The summed E-state index contributed by atoms with van der Waals surface area (Å²) in [6.45, 7) is 0. The summed E-state index contributed by atoms with van der Waals surface area (Å²) in [5.41, 5.74) is 5.64. The molecule has 1 aliphatic carbocycles. The van der Waals surface area contributed by atoms with Gasteiger partial charge in [-0.25, -0.2) is 0 Å². The van der Waals surface area contributed by atoms with Crippen molar-refractivity contribution in [2.45, 2.75) is 9.83 Å². The van der Waals surface area contributed by atoms with Crippen LogP contribution in [0.4, 0.5) is 0 Å². The van der Waals surface area contributed by atoms with Gasteiger partial charge in [0.2, 0.25) is 0 Å². The largest absolute Gasteiger partial charge is 0.321 e. The van der Waals surface area contributed by atoms with Gasteiger partial charge in [-0.05, 0) is 12.2 Å². The first kappa shape index (κ1) is 9.87. The fourth-order valence-corrected chi connectivity index (χ4v) is 2.46. The second-order valence-corrected chi connectivity index (χ2v) is 5.48. The Morgan fingerprint density at radius 1 is 1.55 bits per heavy atom. The van der Waals surface area contributed by atoms with Crippen LogP contribution in [-0.4, -0.2) is 9.83 Å². The highest BCUT2D eigenvalue weighted by Crippen LogP contribution is 2.38. The zero-order chi connectivity index (χ0) is 8.65. The van der Waals surface area contributed by atoms with Crippen molar-refractivity contribution in [1.82, 2.24) is 0 Å². The maximum atomic E-state index is 5.92. The van der Waals surface area contributed by atoms with Gasteiger partial charge in [-0.1, -0.05) is 50.7 Å². The summed E-state index contributed by atoms with van der Waals surface area (Å²) in [4.78, 5) is 0. The van der Waals surface area contributed by atoms with Crippen LogP contribution >= 0.6 is 50.7 Å². The molecule has 0 aromatic heterocycles. The number of allylic oxidation sites excluding steroid dienone is 2. The molecule has 2 N–H and O–H groups in total. The molecule has 11 heavy (non-hydrogen) atoms. The van der Waals surface area contributed by atoms with Gasteiger partial charge in [0.05, 0.1) is 6.04 Å². The van der Waals surface area contributed by atoms with Gasteiger partial charge >= 0.3 is 0 Å². The lowest BCUT2D eigenvalue weighted by molar-refractivity contribution is 0.785. The molecule has 0 amide bonds. The summed E-state index contributed by atoms with van der Waals surface area (Å²) in [6.07, 6.45) is 3.18. The summed E-state index contributed by atoms with van der Waals surface area (Å²) < 4.78 is -0.851. The molecular formula is C6H5BrCl3N. The first-order valence-corrected chi connectivity index (χ1v) is 4.75. The van der Waals surface area contributed by atoms with Gasteiger partial charge in [0.25, 0.3) is 0 Å². The third-order valence-corrected chi connectivity index (χ3v) is 2.95. The maximum absolute atomic E-state index is 5.92. The van der Waals surface area contributed by atoms with Crippen molar-refractivity contribution in [2.75, 3.05) is 0 Å². The van der Waals surface area contributed by atoms with Gasteiger partial charge in [-0.2, -0.15) is 0 Å². The Bertz CT molecular complexity index is 234. The molecule has 2 atom stereocenters. The predicted octanol–water partition coefficient (Wildman–Crippen LogP) is 2.90. The van der Waals surface area contributed by atoms with Crippen molar-refractivity contribution in [3.8, 4) is 0 Å². The van der Waals surface area contributed by atoms with Crippen molar-refractivity contribution in [3.63, 3.8) is 0 Å². The van der Waals surface area contributed by atoms with Crippen LogP contribution in [0.5, 0.6) is 0 Å². The fraction of sp³-hybridized carbons (Fsp3) is 0.333. The van der Waals surface area contributed by atoms with E-state index in [9.17, 15) is 0 Å². The highest BCUT2D eigenvalue weighted by molar-refractivity contribution is 9.10. The molecule has 0 radical (unpaired) electrons. The minimum atomic E-state index is -0.851. The van der Waals surface area contributed by atoms with Crippen LogP contribution in [0.3, 0.4) is 0 Å². The number of halogens is 4. The second-order valence-electron chi connectivity index (χ2n) is 2.21. The van der Waals surface area contributed by atoms with Gasteiger partial charge in [-0.3, -0.25) is 0 Å². The van der Waals surface area contributed by atoms with E-state index in [4.69, 9.17) is 40.5 Å². The Balaban J connectivity index is 3.01. The first-order chi connectivity index (χ1) is 4.93. The molecule has 0 heterocycles. The summed E-state index contributed by atoms with van der Waals surface area (Å²) in [5.74, 6) is 0. The number of hydrogen-bond donors (Lipinski definition) is 1. The van der Waals surface area contributed by atoms with Gasteiger partial charge in [-0.15, -0.1) is 0 Å². The fourth-order valence-electron chi connectivity index (χ4n) is 0.721. The van der Waals surface area contributed by atoms with E-state index in [1.165, 1.54) is 0 Å². The molecule has 0 aromatic carbocycles. The second kappa shape index (κ2) is 3.27. The van der Waals surface area contributed by atoms with E-state index in [1.54, 1.807) is 12.2 Å². The first-order valence-electron chi connectivity index (χ1n) is 2.82. The van der Waals surface area contributed by atoms with Crippen LogP contribution < -0.4 is 5.73 Å². The average Bonchev–Trinajstić information content (AvgIpc) is 1.81. The summed E-state index contributed by atoms with van der Waals surface area (Å²) in [7, 11) is 0. The van der Waals surface area contributed by atoms with Crippen LogP contribution in [0.15, 0.2) is 22.2 Å². The molecule has 1 nitrogen and oxygen atoms in total. The zero-order valence-corrected chi connectivity index (χ0v) is 9.18. The van der Waals surface area contributed by atoms with E-state index in [-0.39, 0.29) is 0 Å². The lowest BCUT2D eigenvalue weighted by atomic mass is 10.1. The monoisotopic (exact) mass is 275 g/mol. The lowest BCUT2D eigenvalue weighted by Crippen LogP contribution is -2.39. The molecule has 0 aliphatic heterocycles. The van der Waals surface area contributed by atoms with Crippen LogP contribution in [0.1, 0.15) is 0 Å². The van der Waals surface area contributed by atoms with E-state index in [0.717, 1.165) is 0 Å². The molecule has 2 unspecified atom stereocenters. The van der Waals surface area contributed by atoms with Crippen molar-refractivity contribution >= 4 is 50.7 Å². The molecule has 0 fully saturated rings. The molecule has 0 saturated heterocycles. The van der Waals surface area contributed by atoms with Gasteiger partial charge in [0, 0.05) is 10.1 Å². The van der Waals surface area contributed by atoms with Crippen molar-refractivity contribution in [2.24, 2.45) is 5.73 Å². The number of rotatable bonds is 0. The van der Waals surface area contributed by atoms with E-state index in [2.05, 4.69) is 15.9 Å². The number of alkyl halides is 2. The molecule has 5 heteroatoms. The standard InChI is InChI=1S/C6H5BrCl3N/c7-6(10)2-3(8)1-4(9)5(6)11/h1-2,5H,11H2. The van der Waals surface area contributed by atoms with Crippen LogP contribution in [0, 0.1) is 0 Å². The maximum Gasteiger partial charge on any atom is 0.139 e. The third kappa shape index (κ3) is 2.13. The molecular weight excluding hydrogens is 272 g/mol. The Hall–Kier alpha value is 0.790. The van der Waals surface area contributed by atoms with E-state index in [1.807, 2.05) is 0 Å². The third-order valence-electron chi connectivity index (χ3n) is 1.32. The van der Waals surface area contributed by atoms with Crippen LogP contribution in [0.25, 0.3) is 0 Å². The van der Waals surface area contributed by atoms with Crippen LogP contribution in [0.2, 0.25) is 0 Å². The molecule has 0 saturated carbocycles. The summed E-state index contributed by atoms with van der Waals surface area (Å²) in [6, 6.07) is -0.451. The normalized spacial score (nSPS) is 38.1. The molecule has 1 aliphatic rings. The predicted molar refractivity (Wildman–Crippen MR) is 53.4 cm³/mol. The smallest absolute Gasteiger partial charge is 0.139 e. The van der Waals surface area contributed by atoms with Crippen LogP contribution in [-0.2, 0) is 0 Å². The van der Waals surface area contributed by atoms with Gasteiger partial charge in [0.1, 0.15) is 3.78 Å². The Labute approximate surface area is 88.3 Å². The van der Waals surface area contributed by atoms with E-state index < -0.39 is 9.83 Å². The zero-order valence-electron chi connectivity index (χ0n) is 5.32. The SMILES string of the molecule is NC1C(Cl)=CC(Cl)=CC1(Cl)Br. The van der Waals surface area contributed by atoms with E-state index in [0.29, 0.717) is 10.1 Å². The molecule has 0 bridgehead atoms. The van der Waals surface area contributed by atoms with Crippen molar-refractivity contribution < 1.29 is 0 Å². The average molecular weight is 277 g/mol. The molecule has 62 valence electrons. The Morgan fingerprint density at radius 2 is 2.09 bits per heavy atom. The Morgan fingerprint density at radius 3 is 2.55 bits per heavy atom. The Kier molecular flexibility index (Phi) is 2.93. The van der Waals surface area contributed by atoms with Crippen molar-refractivity contribution in [1.29, 1.82) is 0 Å². The summed E-state index contributed by atoms with van der Waals surface area (Å²) in [5, 5.41) is 0.938. The highest BCUT2D eigenvalue weighted by Gasteiger charge is 2.34. The van der Waals surface area contributed by atoms with E-state index >= 15 is 0 Å². The summed E-state index contributed by atoms with van der Waals surface area (Å²) >= 11 is 20.5. The topological polar surface area (TPSA) is 26.0 Å².